The Balaban J connectivity index is 2.00. The molecule has 1 fully saturated rings. The molecule has 19 heavy (non-hydrogen) atoms. The summed E-state index contributed by atoms with van der Waals surface area (Å²) in [5, 5.41) is 12.5. The van der Waals surface area contributed by atoms with Crippen molar-refractivity contribution in [2.24, 2.45) is 0 Å². The third kappa shape index (κ3) is 3.30. The molecule has 0 amide bonds. The van der Waals surface area contributed by atoms with Crippen molar-refractivity contribution in [2.75, 3.05) is 20.1 Å². The predicted octanol–water partition coefficient (Wildman–Crippen LogP) is 1.46. The Kier molecular flexibility index (Phi) is 4.17. The van der Waals surface area contributed by atoms with Crippen LogP contribution in [-0.2, 0) is 11.3 Å². The first kappa shape index (κ1) is 14.0. The molecular formula is C14H19FN2O2. The molecule has 4 nitrogen and oxygen atoms in total. The van der Waals surface area contributed by atoms with Crippen molar-refractivity contribution in [1.29, 1.82) is 0 Å². The van der Waals surface area contributed by atoms with E-state index in [-0.39, 0.29) is 5.82 Å². The number of carboxylic acid groups (broad SMARTS) is 1. The van der Waals surface area contributed by atoms with Gasteiger partial charge in [0.15, 0.2) is 0 Å². The van der Waals surface area contributed by atoms with Crippen LogP contribution < -0.4 is 5.32 Å². The Morgan fingerprint density at radius 1 is 1.58 bits per heavy atom. The van der Waals surface area contributed by atoms with Gasteiger partial charge in [-0.3, -0.25) is 9.69 Å². The largest absolute Gasteiger partial charge is 0.480 e. The van der Waals surface area contributed by atoms with E-state index < -0.39 is 11.5 Å². The van der Waals surface area contributed by atoms with Crippen molar-refractivity contribution in [2.45, 2.75) is 24.9 Å². The molecule has 1 aliphatic heterocycles. The van der Waals surface area contributed by atoms with Crippen molar-refractivity contribution >= 4 is 5.97 Å². The van der Waals surface area contributed by atoms with E-state index in [9.17, 15) is 14.3 Å². The van der Waals surface area contributed by atoms with E-state index in [1.54, 1.807) is 6.07 Å². The Bertz CT molecular complexity index is 459. The molecule has 0 bridgehead atoms. The molecule has 0 unspecified atom stereocenters. The van der Waals surface area contributed by atoms with Gasteiger partial charge < -0.3 is 10.4 Å². The maximum absolute atomic E-state index is 13.1. The van der Waals surface area contributed by atoms with Gasteiger partial charge in [0.1, 0.15) is 11.4 Å². The molecule has 2 rings (SSSR count). The van der Waals surface area contributed by atoms with Crippen LogP contribution in [0.3, 0.4) is 0 Å². The molecule has 0 aliphatic carbocycles. The highest BCUT2D eigenvalue weighted by molar-refractivity contribution is 5.79. The second-order valence-electron chi connectivity index (χ2n) is 5.22. The van der Waals surface area contributed by atoms with Crippen molar-refractivity contribution in [3.05, 3.63) is 35.6 Å². The van der Waals surface area contributed by atoms with Crippen molar-refractivity contribution in [3.63, 3.8) is 0 Å². The number of rotatable bonds is 5. The number of carboxylic acids is 1. The van der Waals surface area contributed by atoms with Gasteiger partial charge in [-0.2, -0.15) is 0 Å². The lowest BCUT2D eigenvalue weighted by molar-refractivity contribution is -0.145. The molecule has 104 valence electrons. The van der Waals surface area contributed by atoms with E-state index in [1.165, 1.54) is 12.1 Å². The van der Waals surface area contributed by atoms with Crippen LogP contribution >= 0.6 is 0 Å². The van der Waals surface area contributed by atoms with E-state index in [2.05, 4.69) is 5.32 Å². The summed E-state index contributed by atoms with van der Waals surface area (Å²) in [5.41, 5.74) is -0.0109. The number of benzene rings is 1. The van der Waals surface area contributed by atoms with E-state index in [0.29, 0.717) is 19.5 Å². The topological polar surface area (TPSA) is 52.6 Å². The van der Waals surface area contributed by atoms with Gasteiger partial charge in [-0.1, -0.05) is 12.1 Å². The Labute approximate surface area is 112 Å². The van der Waals surface area contributed by atoms with Crippen molar-refractivity contribution in [1.82, 2.24) is 10.2 Å². The van der Waals surface area contributed by atoms with E-state index in [1.807, 2.05) is 18.0 Å². The number of likely N-dealkylation sites (N-methyl/N-ethyl adjacent to an activating group) is 1. The number of hydrogen-bond donors (Lipinski definition) is 2. The average molecular weight is 266 g/mol. The minimum absolute atomic E-state index is 0.266. The molecule has 0 radical (unpaired) electrons. The summed E-state index contributed by atoms with van der Waals surface area (Å²) in [4.78, 5) is 13.3. The van der Waals surface area contributed by atoms with Crippen LogP contribution in [0.5, 0.6) is 0 Å². The summed E-state index contributed by atoms with van der Waals surface area (Å²) in [6.07, 6.45) is 1.51. The molecule has 0 spiro atoms. The quantitative estimate of drug-likeness (QED) is 0.847. The highest BCUT2D eigenvalue weighted by Crippen LogP contribution is 2.21. The molecule has 1 aromatic rings. The molecule has 1 heterocycles. The second-order valence-corrected chi connectivity index (χ2v) is 5.22. The lowest BCUT2D eigenvalue weighted by Crippen LogP contribution is -2.54. The first-order chi connectivity index (χ1) is 9.02. The van der Waals surface area contributed by atoms with Crippen LogP contribution in [0.4, 0.5) is 4.39 Å². The summed E-state index contributed by atoms with van der Waals surface area (Å²) in [5.74, 6) is -1.08. The van der Waals surface area contributed by atoms with Gasteiger partial charge in [0, 0.05) is 13.1 Å². The maximum Gasteiger partial charge on any atom is 0.325 e. The molecular weight excluding hydrogens is 247 g/mol. The third-order valence-electron chi connectivity index (χ3n) is 3.53. The average Bonchev–Trinajstić information content (AvgIpc) is 2.78. The lowest BCUT2D eigenvalue weighted by Gasteiger charge is -2.30. The first-order valence-electron chi connectivity index (χ1n) is 6.43. The van der Waals surface area contributed by atoms with Crippen LogP contribution in [0, 0.1) is 5.82 Å². The van der Waals surface area contributed by atoms with Crippen molar-refractivity contribution in [3.8, 4) is 0 Å². The molecule has 1 aromatic carbocycles. The standard InChI is InChI=1S/C14H19FN2O2/c1-17(9-11-4-2-5-12(15)8-11)10-14(13(18)19)6-3-7-16-14/h2,4-5,8,16H,3,6-7,9-10H2,1H3,(H,18,19)/t14-/m1/s1. The van der Waals surface area contributed by atoms with Gasteiger partial charge in [0.2, 0.25) is 0 Å². The third-order valence-corrected chi connectivity index (χ3v) is 3.53. The molecule has 1 saturated heterocycles. The maximum atomic E-state index is 13.1. The Morgan fingerprint density at radius 2 is 2.37 bits per heavy atom. The van der Waals surface area contributed by atoms with Gasteiger partial charge in [-0.05, 0) is 44.1 Å². The number of halogens is 1. The van der Waals surface area contributed by atoms with E-state index >= 15 is 0 Å². The molecule has 1 atom stereocenters. The predicted molar refractivity (Wildman–Crippen MR) is 70.3 cm³/mol. The summed E-state index contributed by atoms with van der Waals surface area (Å²) >= 11 is 0. The van der Waals surface area contributed by atoms with Crippen LogP contribution in [0.15, 0.2) is 24.3 Å². The lowest BCUT2D eigenvalue weighted by atomic mass is 9.97. The zero-order chi connectivity index (χ0) is 13.9. The highest BCUT2D eigenvalue weighted by atomic mass is 19.1. The molecule has 1 aliphatic rings. The highest BCUT2D eigenvalue weighted by Gasteiger charge is 2.41. The minimum Gasteiger partial charge on any atom is -0.480 e. The molecule has 0 saturated carbocycles. The summed E-state index contributed by atoms with van der Waals surface area (Å²) in [6.45, 7) is 1.69. The van der Waals surface area contributed by atoms with E-state index in [4.69, 9.17) is 0 Å². The Morgan fingerprint density at radius 3 is 2.95 bits per heavy atom. The molecule has 2 N–H and O–H groups in total. The summed E-state index contributed by atoms with van der Waals surface area (Å²) in [7, 11) is 1.86. The normalized spacial score (nSPS) is 22.9. The van der Waals surface area contributed by atoms with Crippen LogP contribution in [-0.4, -0.2) is 41.7 Å². The number of aliphatic carboxylic acids is 1. The van der Waals surface area contributed by atoms with Crippen molar-refractivity contribution < 1.29 is 14.3 Å². The van der Waals surface area contributed by atoms with Gasteiger partial charge in [-0.25, -0.2) is 4.39 Å². The zero-order valence-electron chi connectivity index (χ0n) is 11.0. The molecule has 5 heteroatoms. The van der Waals surface area contributed by atoms with Gasteiger partial charge in [-0.15, -0.1) is 0 Å². The minimum atomic E-state index is -0.859. The monoisotopic (exact) mass is 266 g/mol. The Hall–Kier alpha value is -1.46. The molecule has 0 aromatic heterocycles. The second kappa shape index (κ2) is 5.67. The van der Waals surface area contributed by atoms with Crippen LogP contribution in [0.2, 0.25) is 0 Å². The fourth-order valence-corrected chi connectivity index (χ4v) is 2.66. The van der Waals surface area contributed by atoms with Crippen LogP contribution in [0.1, 0.15) is 18.4 Å². The number of nitrogens with zero attached hydrogens (tertiary/aromatic N) is 1. The SMILES string of the molecule is CN(Cc1cccc(F)c1)C[C@@]1(C(=O)O)CCCN1. The zero-order valence-corrected chi connectivity index (χ0v) is 11.0. The first-order valence-corrected chi connectivity index (χ1v) is 6.43. The van der Waals surface area contributed by atoms with Gasteiger partial charge >= 0.3 is 5.97 Å². The number of hydrogen-bond acceptors (Lipinski definition) is 3. The van der Waals surface area contributed by atoms with Gasteiger partial charge in [0.05, 0.1) is 0 Å². The smallest absolute Gasteiger partial charge is 0.325 e. The fourth-order valence-electron chi connectivity index (χ4n) is 2.66. The van der Waals surface area contributed by atoms with Crippen LogP contribution in [0.25, 0.3) is 0 Å². The van der Waals surface area contributed by atoms with Gasteiger partial charge in [0.25, 0.3) is 0 Å². The summed E-state index contributed by atoms with van der Waals surface area (Å²) < 4.78 is 13.1. The number of nitrogens with one attached hydrogen (secondary N) is 1. The van der Waals surface area contributed by atoms with E-state index in [0.717, 1.165) is 18.5 Å². The fraction of sp³-hybridized carbons (Fsp3) is 0.500. The number of carbonyl (C=O) groups is 1. The summed E-state index contributed by atoms with van der Waals surface area (Å²) in [6, 6.07) is 6.39.